The van der Waals surface area contributed by atoms with Gasteiger partial charge in [0.15, 0.2) is 0 Å². The number of benzene rings is 1. The van der Waals surface area contributed by atoms with Crippen LogP contribution < -0.4 is 5.32 Å². The Morgan fingerprint density at radius 3 is 2.44 bits per heavy atom. The van der Waals surface area contributed by atoms with Crippen LogP contribution in [0.2, 0.25) is 0 Å². The molecule has 2 nitrogen and oxygen atoms in total. The van der Waals surface area contributed by atoms with Crippen molar-refractivity contribution in [1.82, 2.24) is 10.3 Å². The van der Waals surface area contributed by atoms with Crippen molar-refractivity contribution in [2.24, 2.45) is 5.92 Å². The molecule has 1 N–H and O–H groups in total. The number of nitrogens with one attached hydrogen (secondary N) is 1. The molecule has 0 fully saturated rings. The molecule has 1 aromatic carbocycles. The van der Waals surface area contributed by atoms with Gasteiger partial charge in [-0.1, -0.05) is 38.1 Å². The Labute approximate surface area is 113 Å². The van der Waals surface area contributed by atoms with Gasteiger partial charge in [-0.25, -0.2) is 0 Å². The summed E-state index contributed by atoms with van der Waals surface area (Å²) in [5.41, 5.74) is 4.64. The van der Waals surface area contributed by atoms with Crippen LogP contribution in [0.4, 0.5) is 0 Å². The minimum absolute atomic E-state index is 0.723. The van der Waals surface area contributed by atoms with Crippen molar-refractivity contribution in [3.05, 3.63) is 52.0 Å². The lowest BCUT2D eigenvalue weighted by molar-refractivity contribution is 0.646. The molecule has 96 valence electrons. The molecule has 1 aromatic heterocycles. The fourth-order valence-corrected chi connectivity index (χ4v) is 2.49. The maximum absolute atomic E-state index is 4.07. The lowest BCUT2D eigenvalue weighted by atomic mass is 10.0. The number of aromatic nitrogens is 1. The Morgan fingerprint density at radius 2 is 1.83 bits per heavy atom. The number of hydrogen-bond donors (Lipinski definition) is 1. The Morgan fingerprint density at radius 1 is 1.11 bits per heavy atom. The number of rotatable bonds is 6. The molecule has 2 aromatic rings. The third-order valence-corrected chi connectivity index (χ3v) is 3.56. The summed E-state index contributed by atoms with van der Waals surface area (Å²) in [5.74, 6) is 0.723. The fourth-order valence-electron chi connectivity index (χ4n) is 1.92. The van der Waals surface area contributed by atoms with E-state index in [0.717, 1.165) is 25.4 Å². The van der Waals surface area contributed by atoms with Crippen molar-refractivity contribution >= 4 is 11.3 Å². The van der Waals surface area contributed by atoms with Crippen LogP contribution in [0.25, 0.3) is 0 Å². The Hall–Kier alpha value is -1.19. The van der Waals surface area contributed by atoms with Gasteiger partial charge in [-0.2, -0.15) is 0 Å². The molecule has 0 atom stereocenters. The molecule has 0 unspecified atom stereocenters. The van der Waals surface area contributed by atoms with Gasteiger partial charge in [0.2, 0.25) is 0 Å². The van der Waals surface area contributed by atoms with E-state index < -0.39 is 0 Å². The highest BCUT2D eigenvalue weighted by molar-refractivity contribution is 7.09. The summed E-state index contributed by atoms with van der Waals surface area (Å²) in [6.07, 6.45) is 3.08. The fraction of sp³-hybridized carbons (Fsp3) is 0.400. The highest BCUT2D eigenvalue weighted by atomic mass is 32.1. The van der Waals surface area contributed by atoms with Gasteiger partial charge in [0.25, 0.3) is 0 Å². The summed E-state index contributed by atoms with van der Waals surface area (Å²) in [7, 11) is 0. The SMILES string of the molecule is CC(C)Cc1ccc(CNCc2cncs2)cc1. The molecule has 3 heteroatoms. The van der Waals surface area contributed by atoms with E-state index in [2.05, 4.69) is 48.4 Å². The van der Waals surface area contributed by atoms with Crippen molar-refractivity contribution in [3.63, 3.8) is 0 Å². The molecule has 0 spiro atoms. The molecule has 2 rings (SSSR count). The largest absolute Gasteiger partial charge is 0.308 e. The van der Waals surface area contributed by atoms with Gasteiger partial charge >= 0.3 is 0 Å². The van der Waals surface area contributed by atoms with Crippen molar-refractivity contribution < 1.29 is 0 Å². The third-order valence-electron chi connectivity index (χ3n) is 2.78. The zero-order chi connectivity index (χ0) is 12.8. The minimum Gasteiger partial charge on any atom is -0.308 e. The summed E-state index contributed by atoms with van der Waals surface area (Å²) in [6, 6.07) is 8.92. The van der Waals surface area contributed by atoms with Crippen molar-refractivity contribution in [3.8, 4) is 0 Å². The van der Waals surface area contributed by atoms with Crippen LogP contribution in [0.3, 0.4) is 0 Å². The standard InChI is InChI=1S/C15H20N2S/c1-12(2)7-13-3-5-14(6-4-13)8-16-9-15-10-17-11-18-15/h3-6,10-12,16H,7-9H2,1-2H3. The second kappa shape index (κ2) is 6.66. The Kier molecular flexibility index (Phi) is 4.90. The first kappa shape index (κ1) is 13.2. The second-order valence-electron chi connectivity index (χ2n) is 4.99. The molecule has 0 aliphatic heterocycles. The molecule has 0 aliphatic rings. The van der Waals surface area contributed by atoms with Gasteiger partial charge in [-0.3, -0.25) is 4.98 Å². The van der Waals surface area contributed by atoms with Crippen LogP contribution in [-0.4, -0.2) is 4.98 Å². The maximum atomic E-state index is 4.07. The lowest BCUT2D eigenvalue weighted by Crippen LogP contribution is -2.11. The van der Waals surface area contributed by atoms with Gasteiger partial charge in [-0.05, 0) is 23.5 Å². The summed E-state index contributed by atoms with van der Waals surface area (Å²) in [4.78, 5) is 5.35. The normalized spacial score (nSPS) is 11.1. The van der Waals surface area contributed by atoms with E-state index >= 15 is 0 Å². The van der Waals surface area contributed by atoms with E-state index in [1.54, 1.807) is 11.3 Å². The zero-order valence-corrected chi connectivity index (χ0v) is 11.8. The first-order valence-electron chi connectivity index (χ1n) is 6.40. The van der Waals surface area contributed by atoms with E-state index in [0.29, 0.717) is 0 Å². The summed E-state index contributed by atoms with van der Waals surface area (Å²) in [6.45, 7) is 6.33. The average Bonchev–Trinajstić information content (AvgIpc) is 2.84. The lowest BCUT2D eigenvalue weighted by Gasteiger charge is -2.07. The molecule has 0 radical (unpaired) electrons. The van der Waals surface area contributed by atoms with E-state index in [1.165, 1.54) is 16.0 Å². The minimum atomic E-state index is 0.723. The van der Waals surface area contributed by atoms with E-state index in [1.807, 2.05) is 11.7 Å². The third kappa shape index (κ3) is 4.24. The Bertz CT molecular complexity index is 446. The predicted octanol–water partition coefficient (Wildman–Crippen LogP) is 3.63. The predicted molar refractivity (Wildman–Crippen MR) is 77.6 cm³/mol. The highest BCUT2D eigenvalue weighted by Crippen LogP contribution is 2.10. The smallest absolute Gasteiger partial charge is 0.0794 e. The number of thiazole rings is 1. The van der Waals surface area contributed by atoms with Crippen LogP contribution in [0.15, 0.2) is 36.0 Å². The topological polar surface area (TPSA) is 24.9 Å². The quantitative estimate of drug-likeness (QED) is 0.858. The van der Waals surface area contributed by atoms with Gasteiger partial charge in [0.05, 0.1) is 5.51 Å². The van der Waals surface area contributed by atoms with E-state index in [4.69, 9.17) is 0 Å². The van der Waals surface area contributed by atoms with E-state index in [9.17, 15) is 0 Å². The molecular formula is C15H20N2S. The number of hydrogen-bond acceptors (Lipinski definition) is 3. The van der Waals surface area contributed by atoms with Crippen LogP contribution >= 0.6 is 11.3 Å². The zero-order valence-electron chi connectivity index (χ0n) is 11.0. The van der Waals surface area contributed by atoms with Crippen LogP contribution in [-0.2, 0) is 19.5 Å². The summed E-state index contributed by atoms with van der Waals surface area (Å²) < 4.78 is 0. The molecule has 0 bridgehead atoms. The van der Waals surface area contributed by atoms with Crippen molar-refractivity contribution in [2.45, 2.75) is 33.4 Å². The number of nitrogens with zero attached hydrogens (tertiary/aromatic N) is 1. The van der Waals surface area contributed by atoms with Crippen LogP contribution in [0.5, 0.6) is 0 Å². The Balaban J connectivity index is 1.79. The molecule has 1 heterocycles. The van der Waals surface area contributed by atoms with Crippen LogP contribution in [0.1, 0.15) is 29.9 Å². The highest BCUT2D eigenvalue weighted by Gasteiger charge is 1.99. The van der Waals surface area contributed by atoms with E-state index in [-0.39, 0.29) is 0 Å². The maximum Gasteiger partial charge on any atom is 0.0794 e. The molecule has 0 saturated heterocycles. The molecule has 18 heavy (non-hydrogen) atoms. The van der Waals surface area contributed by atoms with Crippen molar-refractivity contribution in [1.29, 1.82) is 0 Å². The van der Waals surface area contributed by atoms with Gasteiger partial charge in [0.1, 0.15) is 0 Å². The summed E-state index contributed by atoms with van der Waals surface area (Å²) >= 11 is 1.69. The first-order valence-corrected chi connectivity index (χ1v) is 7.28. The van der Waals surface area contributed by atoms with Gasteiger partial charge in [-0.15, -0.1) is 11.3 Å². The summed E-state index contributed by atoms with van der Waals surface area (Å²) in [5, 5.41) is 3.43. The first-order chi connectivity index (χ1) is 8.74. The monoisotopic (exact) mass is 260 g/mol. The molecule has 0 saturated carbocycles. The van der Waals surface area contributed by atoms with Crippen molar-refractivity contribution in [2.75, 3.05) is 0 Å². The average molecular weight is 260 g/mol. The van der Waals surface area contributed by atoms with Gasteiger partial charge < -0.3 is 5.32 Å². The second-order valence-corrected chi connectivity index (χ2v) is 5.96. The molecular weight excluding hydrogens is 240 g/mol. The van der Waals surface area contributed by atoms with Gasteiger partial charge in [0, 0.05) is 24.2 Å². The molecule has 0 aliphatic carbocycles. The van der Waals surface area contributed by atoms with Crippen LogP contribution in [0, 0.1) is 5.92 Å². The molecule has 0 amide bonds.